The number of hydrogen-bond donors (Lipinski definition) is 2. The predicted octanol–water partition coefficient (Wildman–Crippen LogP) is 5.65. The lowest BCUT2D eigenvalue weighted by Gasteiger charge is -2.38. The van der Waals surface area contributed by atoms with Crippen LogP contribution in [0.15, 0.2) is 63.8 Å². The molecular formula is C28H35N3O6S2Si. The fourth-order valence-corrected chi connectivity index (χ4v) is 8.20. The van der Waals surface area contributed by atoms with Crippen LogP contribution in [0, 0.1) is 0 Å². The molecule has 1 aromatic heterocycles. The van der Waals surface area contributed by atoms with Crippen LogP contribution < -0.4 is 5.32 Å². The van der Waals surface area contributed by atoms with Crippen LogP contribution in [0.1, 0.15) is 42.6 Å². The van der Waals surface area contributed by atoms with Crippen LogP contribution in [0.4, 0.5) is 4.79 Å². The highest BCUT2D eigenvalue weighted by Crippen LogP contribution is 2.38. The predicted molar refractivity (Wildman–Crippen MR) is 157 cm³/mol. The summed E-state index contributed by atoms with van der Waals surface area (Å²) in [4.78, 5) is 30.3. The number of nitrogens with zero attached hydrogens (tertiary/aromatic N) is 2. The van der Waals surface area contributed by atoms with Crippen molar-refractivity contribution in [3.63, 3.8) is 0 Å². The van der Waals surface area contributed by atoms with E-state index < -0.39 is 24.2 Å². The van der Waals surface area contributed by atoms with Crippen LogP contribution in [0.25, 0.3) is 11.1 Å². The van der Waals surface area contributed by atoms with E-state index in [1.165, 1.54) is 12.3 Å². The summed E-state index contributed by atoms with van der Waals surface area (Å²) in [7, 11) is -6.03. The van der Waals surface area contributed by atoms with Crippen molar-refractivity contribution in [2.75, 3.05) is 13.1 Å². The maximum atomic E-state index is 13.7. The minimum atomic E-state index is -4.03. The van der Waals surface area contributed by atoms with Crippen molar-refractivity contribution in [2.45, 2.75) is 67.1 Å². The Labute approximate surface area is 240 Å². The second kappa shape index (κ2) is 11.4. The molecule has 12 heteroatoms. The molecule has 0 bridgehead atoms. The lowest BCUT2D eigenvalue weighted by atomic mass is 10.0. The number of aromatic nitrogens is 1. The van der Waals surface area contributed by atoms with Crippen LogP contribution in [0.5, 0.6) is 0 Å². The van der Waals surface area contributed by atoms with E-state index in [2.05, 4.69) is 44.2 Å². The van der Waals surface area contributed by atoms with Gasteiger partial charge in [0.1, 0.15) is 9.22 Å². The standard InChI is InChI=1S/C28H35N3O6S2Si/c1-28(2,3)40(4,5)37-22-11-12-31(18-22)26(32)21-13-20(19-9-7-6-8-10-19)14-23(15-21)39(35,36)25-17-29-24(38-25)16-30-27(33)34/h6-10,13-15,17,22,30H,11-12,16,18H2,1-5H3,(H,33,34)/t22-/m1/s1. The molecule has 0 unspecified atom stereocenters. The van der Waals surface area contributed by atoms with E-state index in [4.69, 9.17) is 9.53 Å². The third-order valence-corrected chi connectivity index (χ3v) is 15.2. The van der Waals surface area contributed by atoms with E-state index in [-0.39, 0.29) is 38.3 Å². The average Bonchev–Trinajstić information content (AvgIpc) is 3.57. The molecule has 0 spiro atoms. The zero-order valence-corrected chi connectivity index (χ0v) is 25.9. The van der Waals surface area contributed by atoms with Gasteiger partial charge in [0.05, 0.1) is 23.7 Å². The van der Waals surface area contributed by atoms with Crippen molar-refractivity contribution in [3.05, 3.63) is 65.3 Å². The minimum absolute atomic E-state index is 0.0214. The monoisotopic (exact) mass is 601 g/mol. The first-order chi connectivity index (χ1) is 18.7. The Balaban J connectivity index is 1.65. The molecule has 9 nitrogen and oxygen atoms in total. The second-order valence-electron chi connectivity index (χ2n) is 11.4. The molecule has 2 N–H and O–H groups in total. The zero-order valence-electron chi connectivity index (χ0n) is 23.3. The van der Waals surface area contributed by atoms with E-state index in [1.807, 2.05) is 30.3 Å². The third kappa shape index (κ3) is 6.62. The van der Waals surface area contributed by atoms with Gasteiger partial charge < -0.3 is 19.7 Å². The first kappa shape index (κ1) is 29.9. The molecule has 4 rings (SSSR count). The average molecular weight is 602 g/mol. The Kier molecular flexibility index (Phi) is 8.55. The van der Waals surface area contributed by atoms with E-state index in [9.17, 15) is 18.0 Å². The number of carbonyl (C=O) groups excluding carboxylic acids is 1. The molecule has 40 heavy (non-hydrogen) atoms. The molecule has 0 saturated carbocycles. The van der Waals surface area contributed by atoms with Crippen LogP contribution in [-0.2, 0) is 20.8 Å². The van der Waals surface area contributed by atoms with Crippen molar-refractivity contribution in [1.29, 1.82) is 0 Å². The highest BCUT2D eigenvalue weighted by molar-refractivity contribution is 7.93. The summed E-state index contributed by atoms with van der Waals surface area (Å²) in [5, 5.41) is 11.4. The Hall–Kier alpha value is -3.06. The zero-order chi connectivity index (χ0) is 29.3. The van der Waals surface area contributed by atoms with Gasteiger partial charge in [-0.3, -0.25) is 4.79 Å². The summed E-state index contributed by atoms with van der Waals surface area (Å²) in [6, 6.07) is 14.0. The lowest BCUT2D eigenvalue weighted by molar-refractivity contribution is 0.0768. The second-order valence-corrected chi connectivity index (χ2v) is 19.4. The van der Waals surface area contributed by atoms with Crippen molar-refractivity contribution in [2.24, 2.45) is 0 Å². The van der Waals surface area contributed by atoms with Gasteiger partial charge >= 0.3 is 6.09 Å². The van der Waals surface area contributed by atoms with Gasteiger partial charge in [0.25, 0.3) is 5.91 Å². The van der Waals surface area contributed by atoms with Crippen LogP contribution in [0.2, 0.25) is 18.1 Å². The summed E-state index contributed by atoms with van der Waals surface area (Å²) in [6.07, 6.45) is 0.673. The number of carboxylic acid groups (broad SMARTS) is 1. The number of thiazole rings is 1. The normalized spacial score (nSPS) is 16.2. The minimum Gasteiger partial charge on any atom is -0.465 e. The van der Waals surface area contributed by atoms with Crippen molar-refractivity contribution in [1.82, 2.24) is 15.2 Å². The van der Waals surface area contributed by atoms with E-state index >= 15 is 0 Å². The van der Waals surface area contributed by atoms with E-state index in [1.54, 1.807) is 17.0 Å². The number of hydrogen-bond acceptors (Lipinski definition) is 7. The maximum absolute atomic E-state index is 13.7. The quantitative estimate of drug-likeness (QED) is 0.320. The van der Waals surface area contributed by atoms with Gasteiger partial charge in [-0.2, -0.15) is 0 Å². The van der Waals surface area contributed by atoms with Gasteiger partial charge in [-0.15, -0.1) is 11.3 Å². The lowest BCUT2D eigenvalue weighted by Crippen LogP contribution is -2.44. The van der Waals surface area contributed by atoms with Gasteiger partial charge in [-0.25, -0.2) is 18.2 Å². The molecule has 214 valence electrons. The molecule has 2 heterocycles. The number of sulfone groups is 1. The maximum Gasteiger partial charge on any atom is 0.405 e. The summed E-state index contributed by atoms with van der Waals surface area (Å²) in [5.74, 6) is -0.244. The Morgan fingerprint density at radius 3 is 2.50 bits per heavy atom. The third-order valence-electron chi connectivity index (χ3n) is 7.46. The molecule has 1 fully saturated rings. The molecule has 1 aliphatic heterocycles. The van der Waals surface area contributed by atoms with Crippen molar-refractivity contribution in [3.8, 4) is 11.1 Å². The van der Waals surface area contributed by atoms with Crippen LogP contribution in [-0.4, -0.2) is 62.9 Å². The molecule has 3 aromatic rings. The van der Waals surface area contributed by atoms with E-state index in [0.717, 1.165) is 23.3 Å². The first-order valence-corrected chi connectivity index (χ1v) is 18.2. The summed E-state index contributed by atoms with van der Waals surface area (Å²) >= 11 is 0.892. The SMILES string of the molecule is CC(C)(C)[Si](C)(C)O[C@@H]1CCN(C(=O)c2cc(-c3ccccc3)cc(S(=O)(=O)c3cnc(CNC(=O)O)s3)c2)C1. The summed E-state index contributed by atoms with van der Waals surface area (Å²) in [5.41, 5.74) is 1.67. The van der Waals surface area contributed by atoms with E-state index in [0.29, 0.717) is 23.7 Å². The first-order valence-electron chi connectivity index (χ1n) is 13.0. The fourth-order valence-electron chi connectivity index (χ4n) is 4.23. The van der Waals surface area contributed by atoms with Gasteiger partial charge in [-0.05, 0) is 53.9 Å². The number of rotatable bonds is 8. The number of carbonyl (C=O) groups is 2. The molecule has 1 saturated heterocycles. The summed E-state index contributed by atoms with van der Waals surface area (Å²) in [6.45, 7) is 11.8. The fraction of sp³-hybridized carbons (Fsp3) is 0.393. The van der Waals surface area contributed by atoms with Gasteiger partial charge in [0.2, 0.25) is 9.84 Å². The highest BCUT2D eigenvalue weighted by Gasteiger charge is 2.41. The smallest absolute Gasteiger partial charge is 0.405 e. The largest absolute Gasteiger partial charge is 0.465 e. The van der Waals surface area contributed by atoms with Crippen molar-refractivity contribution < 1.29 is 27.5 Å². The van der Waals surface area contributed by atoms with Gasteiger partial charge in [-0.1, -0.05) is 51.1 Å². The van der Waals surface area contributed by atoms with Gasteiger partial charge in [0, 0.05) is 18.7 Å². The number of amides is 2. The number of benzene rings is 2. The number of likely N-dealkylation sites (tertiary alicyclic amines) is 1. The Bertz CT molecular complexity index is 1500. The molecule has 0 radical (unpaired) electrons. The highest BCUT2D eigenvalue weighted by atomic mass is 32.2. The molecule has 2 aromatic carbocycles. The summed E-state index contributed by atoms with van der Waals surface area (Å²) < 4.78 is 33.8. The topological polar surface area (TPSA) is 126 Å². The molecular weight excluding hydrogens is 567 g/mol. The molecule has 1 aliphatic rings. The number of nitrogens with one attached hydrogen (secondary N) is 1. The van der Waals surface area contributed by atoms with Crippen LogP contribution >= 0.6 is 11.3 Å². The van der Waals surface area contributed by atoms with Gasteiger partial charge in [0.15, 0.2) is 8.32 Å². The molecule has 2 amide bonds. The molecule has 0 aliphatic carbocycles. The Morgan fingerprint density at radius 2 is 1.85 bits per heavy atom. The van der Waals surface area contributed by atoms with Crippen molar-refractivity contribution >= 4 is 41.5 Å². The molecule has 1 atom stereocenters. The van der Waals surface area contributed by atoms with Crippen LogP contribution in [0.3, 0.4) is 0 Å². The Morgan fingerprint density at radius 1 is 1.15 bits per heavy atom.